The first-order chi connectivity index (χ1) is 14.5. The highest BCUT2D eigenvalue weighted by Crippen LogP contribution is 2.28. The van der Waals surface area contributed by atoms with Crippen molar-refractivity contribution in [3.63, 3.8) is 0 Å². The van der Waals surface area contributed by atoms with Crippen LogP contribution in [0.1, 0.15) is 37.0 Å². The normalized spacial score (nSPS) is 13.7. The third-order valence-electron chi connectivity index (χ3n) is 4.80. The molecule has 0 bridgehead atoms. The average molecular weight is 422 g/mol. The van der Waals surface area contributed by atoms with Crippen molar-refractivity contribution in [3.05, 3.63) is 23.8 Å². The molecule has 1 N–H and O–H groups in total. The Morgan fingerprint density at radius 2 is 1.80 bits per heavy atom. The molecule has 1 heterocycles. The molecule has 0 spiro atoms. The summed E-state index contributed by atoms with van der Waals surface area (Å²) in [6.07, 6.45) is 1.62. The van der Waals surface area contributed by atoms with Crippen LogP contribution in [0.5, 0.6) is 11.5 Å². The largest absolute Gasteiger partial charge is 0.493 e. The predicted octanol–water partition coefficient (Wildman–Crippen LogP) is 1.39. The van der Waals surface area contributed by atoms with Gasteiger partial charge in [-0.1, -0.05) is 13.8 Å². The molecular weight excluding hydrogens is 392 g/mol. The number of nitrogens with one attached hydrogen (secondary N) is 1. The zero-order valence-corrected chi connectivity index (χ0v) is 17.8. The molecule has 0 aromatic heterocycles. The van der Waals surface area contributed by atoms with Crippen LogP contribution < -0.4 is 14.8 Å². The minimum atomic E-state index is -0.649. The smallest absolute Gasteiger partial charge is 0.338 e. The molecule has 0 atom stereocenters. The Bertz CT molecular complexity index is 728. The van der Waals surface area contributed by atoms with Crippen molar-refractivity contribution in [1.82, 2.24) is 10.2 Å². The molecule has 2 rings (SSSR count). The summed E-state index contributed by atoms with van der Waals surface area (Å²) >= 11 is 0. The number of rotatable bonds is 10. The lowest BCUT2D eigenvalue weighted by atomic mass is 10.2. The average Bonchev–Trinajstić information content (AvgIpc) is 2.79. The molecule has 0 aliphatic carbocycles. The van der Waals surface area contributed by atoms with Crippen LogP contribution in [0.15, 0.2) is 18.2 Å². The first-order valence-electron chi connectivity index (χ1n) is 10.1. The van der Waals surface area contributed by atoms with Gasteiger partial charge in [0.25, 0.3) is 11.8 Å². The van der Waals surface area contributed by atoms with Crippen LogP contribution in [0.4, 0.5) is 0 Å². The van der Waals surface area contributed by atoms with Gasteiger partial charge in [-0.25, -0.2) is 4.79 Å². The topological polar surface area (TPSA) is 103 Å². The predicted molar refractivity (Wildman–Crippen MR) is 109 cm³/mol. The minimum absolute atomic E-state index is 0.0629. The van der Waals surface area contributed by atoms with Crippen molar-refractivity contribution >= 4 is 17.8 Å². The lowest BCUT2D eigenvalue weighted by Crippen LogP contribution is -2.43. The summed E-state index contributed by atoms with van der Waals surface area (Å²) < 4.78 is 21.1. The van der Waals surface area contributed by atoms with E-state index < -0.39 is 5.97 Å². The van der Waals surface area contributed by atoms with Gasteiger partial charge < -0.3 is 29.2 Å². The number of ether oxygens (including phenoxy) is 4. The van der Waals surface area contributed by atoms with Crippen molar-refractivity contribution in [1.29, 1.82) is 0 Å². The number of nitrogens with zero attached hydrogens (tertiary/aromatic N) is 1. The Labute approximate surface area is 176 Å². The number of morpholine rings is 1. The van der Waals surface area contributed by atoms with E-state index >= 15 is 0 Å². The maximum Gasteiger partial charge on any atom is 0.338 e. The van der Waals surface area contributed by atoms with Gasteiger partial charge in [0.15, 0.2) is 24.7 Å². The van der Waals surface area contributed by atoms with E-state index in [-0.39, 0.29) is 36.6 Å². The first-order valence-corrected chi connectivity index (χ1v) is 10.1. The van der Waals surface area contributed by atoms with Gasteiger partial charge in [0.1, 0.15) is 0 Å². The summed E-state index contributed by atoms with van der Waals surface area (Å²) in [6, 6.07) is 4.55. The number of esters is 1. The number of hydrogen-bond acceptors (Lipinski definition) is 7. The number of carbonyl (C=O) groups excluding carboxylic acids is 3. The second-order valence-electron chi connectivity index (χ2n) is 6.80. The van der Waals surface area contributed by atoms with Crippen LogP contribution in [0.2, 0.25) is 0 Å². The summed E-state index contributed by atoms with van der Waals surface area (Å²) in [4.78, 5) is 38.0. The van der Waals surface area contributed by atoms with E-state index in [2.05, 4.69) is 5.32 Å². The zero-order chi connectivity index (χ0) is 21.9. The van der Waals surface area contributed by atoms with Crippen molar-refractivity contribution in [3.8, 4) is 11.5 Å². The molecule has 1 fully saturated rings. The summed E-state index contributed by atoms with van der Waals surface area (Å²) in [5.41, 5.74) is 0.217. The van der Waals surface area contributed by atoms with E-state index in [1.54, 1.807) is 4.90 Å². The molecule has 1 saturated heterocycles. The quantitative estimate of drug-likeness (QED) is 0.569. The fourth-order valence-corrected chi connectivity index (χ4v) is 2.93. The Hall–Kier alpha value is -2.81. The summed E-state index contributed by atoms with van der Waals surface area (Å²) in [5, 5.41) is 2.80. The van der Waals surface area contributed by atoms with Gasteiger partial charge in [-0.05, 0) is 31.0 Å². The second kappa shape index (κ2) is 12.0. The van der Waals surface area contributed by atoms with Crippen LogP contribution in [0.3, 0.4) is 0 Å². The third kappa shape index (κ3) is 6.91. The van der Waals surface area contributed by atoms with E-state index in [1.165, 1.54) is 25.3 Å². The van der Waals surface area contributed by atoms with Crippen molar-refractivity contribution in [2.75, 3.05) is 46.6 Å². The van der Waals surface area contributed by atoms with Gasteiger partial charge in [0.2, 0.25) is 0 Å². The van der Waals surface area contributed by atoms with Crippen molar-refractivity contribution < 1.29 is 33.3 Å². The molecule has 1 aliphatic rings. The van der Waals surface area contributed by atoms with E-state index in [0.29, 0.717) is 37.8 Å². The molecule has 9 nitrogen and oxygen atoms in total. The van der Waals surface area contributed by atoms with Crippen LogP contribution in [-0.2, 0) is 19.1 Å². The van der Waals surface area contributed by atoms with Crippen molar-refractivity contribution in [2.45, 2.75) is 32.7 Å². The lowest BCUT2D eigenvalue weighted by molar-refractivity contribution is -0.137. The maximum atomic E-state index is 12.3. The molecule has 166 valence electrons. The van der Waals surface area contributed by atoms with Gasteiger partial charge in [0.05, 0.1) is 25.9 Å². The van der Waals surface area contributed by atoms with E-state index in [9.17, 15) is 14.4 Å². The molecule has 30 heavy (non-hydrogen) atoms. The lowest BCUT2D eigenvalue weighted by Gasteiger charge is -2.26. The molecule has 1 aliphatic heterocycles. The van der Waals surface area contributed by atoms with Gasteiger partial charge in [-0.2, -0.15) is 0 Å². The number of methoxy groups -OCH3 is 1. The Balaban J connectivity index is 1.90. The second-order valence-corrected chi connectivity index (χ2v) is 6.80. The Morgan fingerprint density at radius 3 is 2.43 bits per heavy atom. The van der Waals surface area contributed by atoms with Gasteiger partial charge in [-0.3, -0.25) is 9.59 Å². The monoisotopic (exact) mass is 422 g/mol. The first kappa shape index (κ1) is 23.5. The summed E-state index contributed by atoms with van der Waals surface area (Å²) in [5.74, 6) is -0.510. The molecule has 2 amide bonds. The molecular formula is C21H30N2O7. The van der Waals surface area contributed by atoms with Crippen LogP contribution in [-0.4, -0.2) is 75.4 Å². The van der Waals surface area contributed by atoms with Gasteiger partial charge in [-0.15, -0.1) is 0 Å². The highest BCUT2D eigenvalue weighted by atomic mass is 16.5. The molecule has 0 unspecified atom stereocenters. The third-order valence-corrected chi connectivity index (χ3v) is 4.80. The minimum Gasteiger partial charge on any atom is -0.493 e. The number of hydrogen-bond donors (Lipinski definition) is 1. The Morgan fingerprint density at radius 1 is 1.10 bits per heavy atom. The molecule has 1 aromatic rings. The number of amides is 2. The molecule has 0 radical (unpaired) electrons. The van der Waals surface area contributed by atoms with E-state index in [1.807, 2.05) is 13.8 Å². The summed E-state index contributed by atoms with van der Waals surface area (Å²) in [7, 11) is 1.43. The van der Waals surface area contributed by atoms with E-state index in [0.717, 1.165) is 12.8 Å². The Kier molecular flexibility index (Phi) is 9.40. The molecule has 9 heteroatoms. The highest BCUT2D eigenvalue weighted by molar-refractivity contribution is 5.92. The van der Waals surface area contributed by atoms with Crippen LogP contribution in [0.25, 0.3) is 0 Å². The number of benzene rings is 1. The van der Waals surface area contributed by atoms with Crippen molar-refractivity contribution in [2.24, 2.45) is 0 Å². The van der Waals surface area contributed by atoms with Gasteiger partial charge >= 0.3 is 5.97 Å². The standard InChI is InChI=1S/C21H30N2O7/c1-4-16(5-2)22-19(24)13-30-21(26)15-6-7-17(18(12-15)27-3)29-14-20(25)23-8-10-28-11-9-23/h6-7,12,16H,4-5,8-11,13-14H2,1-3H3,(H,22,24). The fourth-order valence-electron chi connectivity index (χ4n) is 2.93. The fraction of sp³-hybridized carbons (Fsp3) is 0.571. The van der Waals surface area contributed by atoms with Gasteiger partial charge in [0, 0.05) is 19.1 Å². The van der Waals surface area contributed by atoms with Crippen LogP contribution in [0, 0.1) is 0 Å². The molecule has 1 aromatic carbocycles. The zero-order valence-electron chi connectivity index (χ0n) is 17.8. The molecule has 0 saturated carbocycles. The van der Waals surface area contributed by atoms with E-state index in [4.69, 9.17) is 18.9 Å². The summed E-state index contributed by atoms with van der Waals surface area (Å²) in [6.45, 7) is 5.56. The number of carbonyl (C=O) groups is 3. The highest BCUT2D eigenvalue weighted by Gasteiger charge is 2.19. The SMILES string of the molecule is CCC(CC)NC(=O)COC(=O)c1ccc(OCC(=O)N2CCOCC2)c(OC)c1. The van der Waals surface area contributed by atoms with Crippen LogP contribution >= 0.6 is 0 Å². The maximum absolute atomic E-state index is 12.3.